The third kappa shape index (κ3) is 3.44. The average molecular weight is 376 g/mol. The van der Waals surface area contributed by atoms with Crippen molar-refractivity contribution in [1.29, 1.82) is 0 Å². The normalized spacial score (nSPS) is 12.9. The number of hydrogen-bond acceptors (Lipinski definition) is 1. The Balaban J connectivity index is 1.61. The fraction of sp³-hybridized carbons (Fsp3) is 0.417. The number of H-pyrrole nitrogens is 1. The van der Waals surface area contributed by atoms with Crippen molar-refractivity contribution in [3.05, 3.63) is 60.2 Å². The third-order valence-corrected chi connectivity index (χ3v) is 5.62. The molecule has 2 heterocycles. The molecule has 0 saturated carbocycles. The van der Waals surface area contributed by atoms with Crippen LogP contribution in [-0.2, 0) is 23.9 Å². The van der Waals surface area contributed by atoms with Gasteiger partial charge in [-0.05, 0) is 46.2 Å². The molecule has 4 aromatic rings. The maximum atomic E-state index is 4.59. The van der Waals surface area contributed by atoms with Crippen molar-refractivity contribution in [2.24, 2.45) is 0 Å². The van der Waals surface area contributed by atoms with E-state index in [9.17, 15) is 0 Å². The molecule has 2 aromatic carbocycles. The number of hydrogen-bond donors (Lipinski definition) is 1. The highest BCUT2D eigenvalue weighted by Gasteiger charge is 2.18. The van der Waals surface area contributed by atoms with E-state index in [1.54, 1.807) is 0 Å². The first-order chi connectivity index (χ1) is 13.1. The smallest absolute Gasteiger partial charge is 0.242 e. The van der Waals surface area contributed by atoms with Gasteiger partial charge in [0.05, 0.1) is 23.9 Å². The van der Waals surface area contributed by atoms with Crippen molar-refractivity contribution < 1.29 is 4.57 Å². The molecule has 4 heteroatoms. The highest BCUT2D eigenvalue weighted by molar-refractivity contribution is 5.76. The van der Waals surface area contributed by atoms with Gasteiger partial charge in [0.2, 0.25) is 6.33 Å². The van der Waals surface area contributed by atoms with E-state index >= 15 is 0 Å². The summed E-state index contributed by atoms with van der Waals surface area (Å²) in [6.45, 7) is 15.3. The van der Waals surface area contributed by atoms with Crippen molar-refractivity contribution in [2.75, 3.05) is 0 Å². The van der Waals surface area contributed by atoms with Crippen molar-refractivity contribution in [1.82, 2.24) is 14.5 Å². The number of imidazole rings is 2. The van der Waals surface area contributed by atoms with Gasteiger partial charge in [-0.2, -0.15) is 0 Å². The minimum atomic E-state index is 0.139. The number of rotatable bonds is 3. The maximum absolute atomic E-state index is 4.59. The molecule has 0 bridgehead atoms. The van der Waals surface area contributed by atoms with E-state index in [1.165, 1.54) is 27.7 Å². The van der Waals surface area contributed by atoms with Crippen LogP contribution in [0.4, 0.5) is 0 Å². The van der Waals surface area contributed by atoms with E-state index in [0.717, 1.165) is 18.6 Å². The first-order valence-electron chi connectivity index (χ1n) is 10.1. The Kier molecular flexibility index (Phi) is 4.33. The fourth-order valence-corrected chi connectivity index (χ4v) is 3.69. The van der Waals surface area contributed by atoms with E-state index < -0.39 is 0 Å². The van der Waals surface area contributed by atoms with Gasteiger partial charge in [-0.25, -0.2) is 14.5 Å². The number of aryl methyl sites for hydroxylation is 2. The fourth-order valence-electron chi connectivity index (χ4n) is 3.69. The lowest BCUT2D eigenvalue weighted by Gasteiger charge is -2.19. The zero-order valence-corrected chi connectivity index (χ0v) is 17.9. The van der Waals surface area contributed by atoms with Crippen LogP contribution in [0.2, 0.25) is 0 Å². The Morgan fingerprint density at radius 1 is 0.929 bits per heavy atom. The van der Waals surface area contributed by atoms with Crippen molar-refractivity contribution >= 4 is 22.1 Å². The molecule has 0 aliphatic rings. The molecule has 0 unspecified atom stereocenters. The van der Waals surface area contributed by atoms with Gasteiger partial charge in [-0.3, -0.25) is 0 Å². The molecular formula is C24H31N4+. The molecular weight excluding hydrogens is 344 g/mol. The van der Waals surface area contributed by atoms with Gasteiger partial charge in [0.1, 0.15) is 6.54 Å². The summed E-state index contributed by atoms with van der Waals surface area (Å²) in [6.07, 6.45) is 4.04. The van der Waals surface area contributed by atoms with Crippen molar-refractivity contribution in [3.8, 4) is 0 Å². The second-order valence-corrected chi connectivity index (χ2v) is 9.84. The van der Waals surface area contributed by atoms with Crippen LogP contribution in [0.1, 0.15) is 52.7 Å². The minimum Gasteiger partial charge on any atom is -0.327 e. The van der Waals surface area contributed by atoms with Gasteiger partial charge in [0.25, 0.3) is 0 Å². The first kappa shape index (κ1) is 18.7. The number of benzene rings is 2. The standard InChI is InChI=1S/C24H30N4/c1-23(2,3)17-8-10-21-20(13-17)26-16-27(21)11-12-28-15-25-19-9-7-18(14-22(19)28)24(4,5)6/h7-10,13-16H,11-12H2,1-6H3/p+1. The van der Waals surface area contributed by atoms with Gasteiger partial charge in [0, 0.05) is 0 Å². The number of aromatic nitrogens is 4. The molecule has 4 rings (SSSR count). The highest BCUT2D eigenvalue weighted by Crippen LogP contribution is 2.26. The van der Waals surface area contributed by atoms with Gasteiger partial charge in [0.15, 0.2) is 11.0 Å². The molecule has 0 atom stereocenters. The number of nitrogens with one attached hydrogen (secondary N) is 1. The van der Waals surface area contributed by atoms with Crippen LogP contribution in [-0.4, -0.2) is 14.5 Å². The van der Waals surface area contributed by atoms with Gasteiger partial charge in [-0.15, -0.1) is 0 Å². The molecule has 146 valence electrons. The summed E-state index contributed by atoms with van der Waals surface area (Å²) in [4.78, 5) is 8.02. The Labute approximate surface area is 167 Å². The molecule has 0 aliphatic heterocycles. The summed E-state index contributed by atoms with van der Waals surface area (Å²) in [5.74, 6) is 0. The van der Waals surface area contributed by atoms with E-state index in [0.29, 0.717) is 0 Å². The predicted molar refractivity (Wildman–Crippen MR) is 116 cm³/mol. The quantitative estimate of drug-likeness (QED) is 0.497. The molecule has 0 fully saturated rings. The van der Waals surface area contributed by atoms with Crippen molar-refractivity contribution in [2.45, 2.75) is 65.5 Å². The topological polar surface area (TPSA) is 37.5 Å². The highest BCUT2D eigenvalue weighted by atomic mass is 15.1. The molecule has 1 N–H and O–H groups in total. The summed E-state index contributed by atoms with van der Waals surface area (Å²) in [5.41, 5.74) is 7.70. The summed E-state index contributed by atoms with van der Waals surface area (Å²) in [6, 6.07) is 13.4. The molecule has 0 radical (unpaired) electrons. The number of aromatic amines is 1. The van der Waals surface area contributed by atoms with Crippen LogP contribution < -0.4 is 4.57 Å². The van der Waals surface area contributed by atoms with Gasteiger partial charge < -0.3 is 4.57 Å². The largest absolute Gasteiger partial charge is 0.327 e. The van der Waals surface area contributed by atoms with Crippen LogP contribution in [0.25, 0.3) is 22.1 Å². The molecule has 2 aromatic heterocycles. The van der Waals surface area contributed by atoms with Crippen LogP contribution in [0, 0.1) is 0 Å². The second kappa shape index (κ2) is 6.47. The molecule has 0 aliphatic carbocycles. The molecule has 28 heavy (non-hydrogen) atoms. The van der Waals surface area contributed by atoms with E-state index in [2.05, 4.69) is 103 Å². The van der Waals surface area contributed by atoms with Crippen LogP contribution in [0.3, 0.4) is 0 Å². The minimum absolute atomic E-state index is 0.139. The summed E-state index contributed by atoms with van der Waals surface area (Å²) in [5, 5.41) is 0. The van der Waals surface area contributed by atoms with Crippen molar-refractivity contribution in [3.63, 3.8) is 0 Å². The van der Waals surface area contributed by atoms with E-state index in [1.807, 2.05) is 6.33 Å². The van der Waals surface area contributed by atoms with Crippen LogP contribution in [0.15, 0.2) is 49.1 Å². The van der Waals surface area contributed by atoms with Crippen LogP contribution >= 0.6 is 0 Å². The summed E-state index contributed by atoms with van der Waals surface area (Å²) < 4.78 is 4.56. The third-order valence-electron chi connectivity index (χ3n) is 5.62. The Bertz CT molecular complexity index is 1130. The first-order valence-corrected chi connectivity index (χ1v) is 10.1. The molecule has 4 nitrogen and oxygen atoms in total. The monoisotopic (exact) mass is 375 g/mol. The Morgan fingerprint density at radius 3 is 2.32 bits per heavy atom. The predicted octanol–water partition coefficient (Wildman–Crippen LogP) is 5.10. The molecule has 0 spiro atoms. The zero-order valence-electron chi connectivity index (χ0n) is 17.9. The van der Waals surface area contributed by atoms with Gasteiger partial charge >= 0.3 is 0 Å². The van der Waals surface area contributed by atoms with E-state index in [4.69, 9.17) is 0 Å². The molecule has 0 saturated heterocycles. The van der Waals surface area contributed by atoms with Crippen LogP contribution in [0.5, 0.6) is 0 Å². The number of nitrogens with zero attached hydrogens (tertiary/aromatic N) is 3. The Hall–Kier alpha value is -2.62. The SMILES string of the molecule is CC(C)(C)c1ccc2c(c1)[nH]c[n+]2CCn1cnc2ccc(C(C)(C)C)cc21. The second-order valence-electron chi connectivity index (χ2n) is 9.84. The lowest BCUT2D eigenvalue weighted by molar-refractivity contribution is -0.672. The zero-order chi connectivity index (χ0) is 20.1. The van der Waals surface area contributed by atoms with Gasteiger partial charge in [-0.1, -0.05) is 53.7 Å². The lowest BCUT2D eigenvalue weighted by atomic mass is 9.87. The van der Waals surface area contributed by atoms with E-state index in [-0.39, 0.29) is 10.8 Å². The Morgan fingerprint density at radius 2 is 1.61 bits per heavy atom. The maximum Gasteiger partial charge on any atom is 0.242 e. The summed E-state index contributed by atoms with van der Waals surface area (Å²) in [7, 11) is 0. The average Bonchev–Trinajstić information content (AvgIpc) is 3.21. The molecule has 0 amide bonds. The number of fused-ring (bicyclic) bond motifs is 2. The lowest BCUT2D eigenvalue weighted by Crippen LogP contribution is -2.34. The summed E-state index contributed by atoms with van der Waals surface area (Å²) >= 11 is 0.